The zero-order chi connectivity index (χ0) is 19.2. The zero-order valence-corrected chi connectivity index (χ0v) is 15.5. The molecule has 3 aromatic rings. The van der Waals surface area contributed by atoms with E-state index in [0.29, 0.717) is 23.1 Å². The molecule has 0 radical (unpaired) electrons. The number of piperidine rings is 1. The second-order valence-electron chi connectivity index (χ2n) is 6.08. The average Bonchev–Trinajstić information content (AvgIpc) is 3.14. The number of hydrogen-bond acceptors (Lipinski definition) is 5. The maximum Gasteiger partial charge on any atom is 0.281 e. The van der Waals surface area contributed by atoms with Gasteiger partial charge < -0.3 is 10.6 Å². The number of nitrogens with zero attached hydrogens (tertiary/aromatic N) is 4. The van der Waals surface area contributed by atoms with Crippen molar-refractivity contribution in [1.29, 1.82) is 0 Å². The first-order valence-electron chi connectivity index (χ1n) is 9.26. The Hall–Kier alpha value is -2.61. The molecule has 0 saturated carbocycles. The number of anilines is 1. The largest absolute Gasteiger partial charge is 0.366 e. The smallest absolute Gasteiger partial charge is 0.281 e. The number of nitrogens with one attached hydrogen (secondary N) is 2. The van der Waals surface area contributed by atoms with E-state index in [2.05, 4.69) is 25.6 Å². The highest BCUT2D eigenvalue weighted by Crippen LogP contribution is 2.23. The molecular weight excluding hydrogens is 350 g/mol. The van der Waals surface area contributed by atoms with E-state index in [4.69, 9.17) is 0 Å². The Morgan fingerprint density at radius 1 is 1.22 bits per heavy atom. The molecule has 1 aliphatic rings. The highest BCUT2D eigenvalue weighted by Gasteiger charge is 2.15. The fourth-order valence-corrected chi connectivity index (χ4v) is 3.05. The van der Waals surface area contributed by atoms with Crippen LogP contribution < -0.4 is 10.6 Å². The number of rotatable bonds is 4. The fraction of sp³-hybridized carbons (Fsp3) is 0.421. The van der Waals surface area contributed by atoms with E-state index in [0.717, 1.165) is 31.7 Å². The van der Waals surface area contributed by atoms with Crippen LogP contribution in [0.15, 0.2) is 36.8 Å². The van der Waals surface area contributed by atoms with Gasteiger partial charge in [0, 0.05) is 18.8 Å². The number of alkyl halides is 2. The minimum atomic E-state index is -2.63. The molecule has 1 aliphatic heterocycles. The Bertz CT molecular complexity index is 874. The number of imidazole rings is 1. The van der Waals surface area contributed by atoms with E-state index in [-0.39, 0.29) is 5.69 Å². The lowest BCUT2D eigenvalue weighted by atomic mass is 10.1. The lowest BCUT2D eigenvalue weighted by Gasteiger charge is -2.24. The van der Waals surface area contributed by atoms with Gasteiger partial charge >= 0.3 is 0 Å². The van der Waals surface area contributed by atoms with Crippen LogP contribution in [0.1, 0.15) is 38.8 Å². The first kappa shape index (κ1) is 19.2. The van der Waals surface area contributed by atoms with Crippen molar-refractivity contribution in [2.24, 2.45) is 0 Å². The van der Waals surface area contributed by atoms with Gasteiger partial charge in [-0.1, -0.05) is 19.9 Å². The van der Waals surface area contributed by atoms with Gasteiger partial charge in [0.15, 0.2) is 5.65 Å². The number of fused-ring (bicyclic) bond motifs is 1. The van der Waals surface area contributed by atoms with Crippen molar-refractivity contribution in [3.8, 4) is 11.4 Å². The van der Waals surface area contributed by atoms with Crippen molar-refractivity contribution in [1.82, 2.24) is 24.7 Å². The second-order valence-corrected chi connectivity index (χ2v) is 6.08. The predicted octanol–water partition coefficient (Wildman–Crippen LogP) is 3.92. The van der Waals surface area contributed by atoms with Gasteiger partial charge in [-0.15, -0.1) is 0 Å². The standard InChI is InChI=1S/C17H18F2N6.C2H6/c18-17(19)13-10-25-14(8-22-16(25)9-21-13)12-4-1-5-15(24-12)23-11-3-2-6-20-7-11;1-2/h1,4-5,8-11,17,20H,2-3,6-7H2,(H,23,24);1-2H3. The van der Waals surface area contributed by atoms with Gasteiger partial charge in [-0.05, 0) is 31.5 Å². The van der Waals surface area contributed by atoms with Gasteiger partial charge in [-0.2, -0.15) is 0 Å². The van der Waals surface area contributed by atoms with Crippen molar-refractivity contribution in [2.45, 2.75) is 39.2 Å². The quantitative estimate of drug-likeness (QED) is 0.725. The van der Waals surface area contributed by atoms with Gasteiger partial charge in [0.05, 0.1) is 23.8 Å². The van der Waals surface area contributed by atoms with Gasteiger partial charge in [0.1, 0.15) is 11.5 Å². The van der Waals surface area contributed by atoms with Crippen molar-refractivity contribution < 1.29 is 8.78 Å². The summed E-state index contributed by atoms with van der Waals surface area (Å²) in [6.45, 7) is 5.96. The summed E-state index contributed by atoms with van der Waals surface area (Å²) in [4.78, 5) is 12.6. The van der Waals surface area contributed by atoms with E-state index in [1.807, 2.05) is 32.0 Å². The number of halogens is 2. The summed E-state index contributed by atoms with van der Waals surface area (Å²) in [5, 5.41) is 6.78. The lowest BCUT2D eigenvalue weighted by molar-refractivity contribution is 0.145. The fourth-order valence-electron chi connectivity index (χ4n) is 3.05. The molecule has 4 rings (SSSR count). The molecule has 1 atom stereocenters. The minimum absolute atomic E-state index is 0.283. The van der Waals surface area contributed by atoms with Crippen molar-refractivity contribution in [3.05, 3.63) is 42.5 Å². The summed E-state index contributed by atoms with van der Waals surface area (Å²) >= 11 is 0. The Balaban J connectivity index is 0.00000102. The van der Waals surface area contributed by atoms with E-state index < -0.39 is 6.43 Å². The van der Waals surface area contributed by atoms with Crippen molar-refractivity contribution in [2.75, 3.05) is 18.4 Å². The summed E-state index contributed by atoms with van der Waals surface area (Å²) in [5.74, 6) is 0.768. The summed E-state index contributed by atoms with van der Waals surface area (Å²) in [6.07, 6.45) is 3.89. The van der Waals surface area contributed by atoms with E-state index in [1.54, 1.807) is 10.6 Å². The number of pyridine rings is 1. The molecule has 1 unspecified atom stereocenters. The van der Waals surface area contributed by atoms with E-state index in [1.165, 1.54) is 12.4 Å². The van der Waals surface area contributed by atoms with Crippen LogP contribution in [0, 0.1) is 0 Å². The van der Waals surface area contributed by atoms with Crippen LogP contribution in [0.3, 0.4) is 0 Å². The molecule has 0 amide bonds. The third-order valence-corrected chi connectivity index (χ3v) is 4.30. The average molecular weight is 374 g/mol. The maximum absolute atomic E-state index is 12.9. The molecule has 0 aliphatic carbocycles. The van der Waals surface area contributed by atoms with Crippen LogP contribution in [-0.4, -0.2) is 38.5 Å². The molecule has 3 aromatic heterocycles. The zero-order valence-electron chi connectivity index (χ0n) is 15.5. The SMILES string of the molecule is CC.FC(F)c1cn2c(-c3cccc(NC4CCCNC4)n3)cnc2cn1. The highest BCUT2D eigenvalue weighted by molar-refractivity contribution is 5.61. The molecule has 4 heterocycles. The van der Waals surface area contributed by atoms with Crippen molar-refractivity contribution in [3.63, 3.8) is 0 Å². The molecule has 1 fully saturated rings. The van der Waals surface area contributed by atoms with Crippen LogP contribution in [0.2, 0.25) is 0 Å². The summed E-state index contributed by atoms with van der Waals surface area (Å²) in [6, 6.07) is 5.99. The van der Waals surface area contributed by atoms with Crippen molar-refractivity contribution >= 4 is 11.5 Å². The number of hydrogen-bond donors (Lipinski definition) is 2. The number of aromatic nitrogens is 4. The van der Waals surface area contributed by atoms with Crippen LogP contribution >= 0.6 is 0 Å². The molecule has 0 aromatic carbocycles. The summed E-state index contributed by atoms with van der Waals surface area (Å²) in [7, 11) is 0. The van der Waals surface area contributed by atoms with Crippen LogP contribution in [0.5, 0.6) is 0 Å². The molecule has 144 valence electrons. The van der Waals surface area contributed by atoms with Crippen LogP contribution in [-0.2, 0) is 0 Å². The molecule has 27 heavy (non-hydrogen) atoms. The lowest BCUT2D eigenvalue weighted by Crippen LogP contribution is -2.38. The van der Waals surface area contributed by atoms with E-state index in [9.17, 15) is 8.78 Å². The molecule has 0 bridgehead atoms. The Labute approximate surface area is 157 Å². The van der Waals surface area contributed by atoms with Gasteiger partial charge in [0.25, 0.3) is 6.43 Å². The highest BCUT2D eigenvalue weighted by atomic mass is 19.3. The van der Waals surface area contributed by atoms with Gasteiger partial charge in [-0.3, -0.25) is 4.40 Å². The molecule has 0 spiro atoms. The Kier molecular flexibility index (Phi) is 6.28. The Morgan fingerprint density at radius 2 is 2.07 bits per heavy atom. The second kappa shape index (κ2) is 8.85. The molecule has 6 nitrogen and oxygen atoms in total. The maximum atomic E-state index is 12.9. The minimum Gasteiger partial charge on any atom is -0.366 e. The van der Waals surface area contributed by atoms with Crippen LogP contribution in [0.25, 0.3) is 17.0 Å². The monoisotopic (exact) mass is 374 g/mol. The topological polar surface area (TPSA) is 67.1 Å². The molecular formula is C19H24F2N6. The van der Waals surface area contributed by atoms with Gasteiger partial charge in [0.2, 0.25) is 0 Å². The molecule has 1 saturated heterocycles. The predicted molar refractivity (Wildman–Crippen MR) is 102 cm³/mol. The third kappa shape index (κ3) is 4.39. The van der Waals surface area contributed by atoms with Gasteiger partial charge in [-0.25, -0.2) is 23.7 Å². The van der Waals surface area contributed by atoms with Crippen LogP contribution in [0.4, 0.5) is 14.6 Å². The Morgan fingerprint density at radius 3 is 2.81 bits per heavy atom. The third-order valence-electron chi connectivity index (χ3n) is 4.30. The first-order chi connectivity index (χ1) is 13.2. The summed E-state index contributed by atoms with van der Waals surface area (Å²) < 4.78 is 27.5. The normalized spacial score (nSPS) is 16.9. The summed E-state index contributed by atoms with van der Waals surface area (Å²) in [5.41, 5.74) is 1.56. The van der Waals surface area contributed by atoms with E-state index >= 15 is 0 Å². The first-order valence-corrected chi connectivity index (χ1v) is 9.26. The molecule has 8 heteroatoms. The molecule has 2 N–H and O–H groups in total.